The summed E-state index contributed by atoms with van der Waals surface area (Å²) < 4.78 is 24.4. The Balaban J connectivity index is 1.44. The fourth-order valence-corrected chi connectivity index (χ4v) is 4.09. The molecule has 0 aromatic carbocycles. The molecular weight excluding hydrogens is 318 g/mol. The Morgan fingerprint density at radius 3 is 2.83 bits per heavy atom. The zero-order valence-electron chi connectivity index (χ0n) is 13.3. The van der Waals surface area contributed by atoms with Crippen molar-refractivity contribution in [2.45, 2.75) is 31.8 Å². The maximum Gasteiger partial charge on any atom is 0.234 e. The monoisotopic (exact) mass is 341 g/mol. The lowest BCUT2D eigenvalue weighted by atomic mass is 10.1. The van der Waals surface area contributed by atoms with Crippen molar-refractivity contribution in [2.75, 3.05) is 32.4 Å². The van der Waals surface area contributed by atoms with Crippen LogP contribution in [0.4, 0.5) is 0 Å². The number of H-pyrrole nitrogens is 1. The van der Waals surface area contributed by atoms with Crippen LogP contribution in [0.15, 0.2) is 6.20 Å². The van der Waals surface area contributed by atoms with Crippen LogP contribution in [0.5, 0.6) is 0 Å². The van der Waals surface area contributed by atoms with Crippen molar-refractivity contribution in [1.82, 2.24) is 24.7 Å². The predicted octanol–water partition coefficient (Wildman–Crippen LogP) is -0.692. The highest BCUT2D eigenvalue weighted by Crippen LogP contribution is 2.16. The van der Waals surface area contributed by atoms with Gasteiger partial charge in [0.2, 0.25) is 15.9 Å². The van der Waals surface area contributed by atoms with E-state index >= 15 is 0 Å². The minimum Gasteiger partial charge on any atom is -0.352 e. The third kappa shape index (κ3) is 4.10. The van der Waals surface area contributed by atoms with Gasteiger partial charge in [0.15, 0.2) is 0 Å². The first-order valence-electron chi connectivity index (χ1n) is 7.90. The van der Waals surface area contributed by atoms with Crippen LogP contribution >= 0.6 is 0 Å². The zero-order valence-corrected chi connectivity index (χ0v) is 14.1. The molecule has 1 aromatic heterocycles. The summed E-state index contributed by atoms with van der Waals surface area (Å²) >= 11 is 0. The number of nitrogens with zero attached hydrogens (tertiary/aromatic N) is 3. The summed E-state index contributed by atoms with van der Waals surface area (Å²) in [4.78, 5) is 14.3. The van der Waals surface area contributed by atoms with Gasteiger partial charge in [-0.05, 0) is 24.8 Å². The van der Waals surface area contributed by atoms with Gasteiger partial charge in [0.25, 0.3) is 0 Å². The Morgan fingerprint density at radius 2 is 2.13 bits per heavy atom. The van der Waals surface area contributed by atoms with Crippen LogP contribution in [0.25, 0.3) is 0 Å². The summed E-state index contributed by atoms with van der Waals surface area (Å²) in [5.74, 6) is 0.00534. The van der Waals surface area contributed by atoms with Crippen molar-refractivity contribution in [3.63, 3.8) is 0 Å². The highest BCUT2D eigenvalue weighted by atomic mass is 32.2. The number of amides is 1. The number of aromatic nitrogens is 2. The van der Waals surface area contributed by atoms with Crippen molar-refractivity contribution in [1.29, 1.82) is 0 Å². The summed E-state index contributed by atoms with van der Waals surface area (Å²) in [5.41, 5.74) is 2.32. The first-order chi connectivity index (χ1) is 10.9. The summed E-state index contributed by atoms with van der Waals surface area (Å²) in [6.45, 7) is 2.89. The normalized spacial score (nSPS) is 21.1. The average Bonchev–Trinajstić information content (AvgIpc) is 2.94. The Bertz CT molecular complexity index is 664. The maximum atomic E-state index is 12.2. The van der Waals surface area contributed by atoms with Crippen LogP contribution < -0.4 is 5.32 Å². The van der Waals surface area contributed by atoms with Gasteiger partial charge in [-0.15, -0.1) is 0 Å². The minimum absolute atomic E-state index is 0.00534. The maximum absolute atomic E-state index is 12.2. The first-order valence-corrected chi connectivity index (χ1v) is 9.74. The van der Waals surface area contributed by atoms with Gasteiger partial charge in [-0.2, -0.15) is 5.10 Å². The molecular formula is C14H23N5O3S. The summed E-state index contributed by atoms with van der Waals surface area (Å²) in [5, 5.41) is 10.0. The van der Waals surface area contributed by atoms with E-state index in [-0.39, 0.29) is 11.9 Å². The standard InChI is InChI=1S/C14H23N5O3S/c1-23(21,22)19-6-3-12(4-7-19)16-14(20)10-18-5-2-11-8-15-17-13(11)9-18/h8,12H,2-7,9-10H2,1H3,(H,15,17)(H,16,20). The lowest BCUT2D eigenvalue weighted by Crippen LogP contribution is -2.48. The second kappa shape index (κ2) is 6.58. The predicted molar refractivity (Wildman–Crippen MR) is 85.2 cm³/mol. The van der Waals surface area contributed by atoms with E-state index in [4.69, 9.17) is 0 Å². The number of hydrogen-bond donors (Lipinski definition) is 2. The van der Waals surface area contributed by atoms with Gasteiger partial charge in [-0.1, -0.05) is 0 Å². The molecule has 9 heteroatoms. The molecule has 0 bridgehead atoms. The van der Waals surface area contributed by atoms with Gasteiger partial charge in [0.05, 0.1) is 24.7 Å². The molecule has 0 radical (unpaired) electrons. The van der Waals surface area contributed by atoms with Crippen LogP contribution in [0.2, 0.25) is 0 Å². The lowest BCUT2D eigenvalue weighted by Gasteiger charge is -2.31. The smallest absolute Gasteiger partial charge is 0.234 e. The average molecular weight is 341 g/mol. The SMILES string of the molecule is CS(=O)(=O)N1CCC(NC(=O)CN2CCc3cn[nH]c3C2)CC1. The fourth-order valence-electron chi connectivity index (χ4n) is 3.21. The third-order valence-corrected chi connectivity index (χ3v) is 5.85. The molecule has 1 aromatic rings. The minimum atomic E-state index is -3.12. The van der Waals surface area contributed by atoms with Crippen molar-refractivity contribution >= 4 is 15.9 Å². The Morgan fingerprint density at radius 1 is 1.39 bits per heavy atom. The Kier molecular flexibility index (Phi) is 4.69. The van der Waals surface area contributed by atoms with Gasteiger partial charge in [-0.25, -0.2) is 12.7 Å². The molecule has 128 valence electrons. The number of carbonyl (C=O) groups is 1. The van der Waals surface area contributed by atoms with Crippen molar-refractivity contribution in [3.05, 3.63) is 17.5 Å². The topological polar surface area (TPSA) is 98.4 Å². The molecule has 23 heavy (non-hydrogen) atoms. The number of aromatic amines is 1. The van der Waals surface area contributed by atoms with E-state index < -0.39 is 10.0 Å². The van der Waals surface area contributed by atoms with E-state index in [2.05, 4.69) is 20.4 Å². The molecule has 1 fully saturated rings. The molecule has 8 nitrogen and oxygen atoms in total. The number of piperidine rings is 1. The number of rotatable bonds is 4. The summed E-state index contributed by atoms with van der Waals surface area (Å²) in [7, 11) is -3.12. The van der Waals surface area contributed by atoms with Gasteiger partial charge in [-0.3, -0.25) is 14.8 Å². The van der Waals surface area contributed by atoms with E-state index in [1.807, 2.05) is 6.20 Å². The van der Waals surface area contributed by atoms with Gasteiger partial charge >= 0.3 is 0 Å². The molecule has 0 spiro atoms. The zero-order chi connectivity index (χ0) is 16.4. The van der Waals surface area contributed by atoms with Gasteiger partial charge in [0, 0.05) is 32.2 Å². The molecule has 0 atom stereocenters. The van der Waals surface area contributed by atoms with Crippen molar-refractivity contribution < 1.29 is 13.2 Å². The number of carbonyl (C=O) groups excluding carboxylic acids is 1. The molecule has 1 amide bonds. The van der Waals surface area contributed by atoms with Crippen LogP contribution in [-0.4, -0.2) is 72.2 Å². The number of fused-ring (bicyclic) bond motifs is 1. The van der Waals surface area contributed by atoms with Crippen molar-refractivity contribution in [2.24, 2.45) is 0 Å². The van der Waals surface area contributed by atoms with Crippen LogP contribution in [0.3, 0.4) is 0 Å². The molecule has 0 aliphatic carbocycles. The van der Waals surface area contributed by atoms with Gasteiger partial charge in [0.1, 0.15) is 0 Å². The first kappa shape index (κ1) is 16.4. The summed E-state index contributed by atoms with van der Waals surface area (Å²) in [6, 6.07) is 0.0630. The van der Waals surface area contributed by atoms with Crippen molar-refractivity contribution in [3.8, 4) is 0 Å². The van der Waals surface area contributed by atoms with E-state index in [0.29, 0.717) is 32.5 Å². The van der Waals surface area contributed by atoms with E-state index in [9.17, 15) is 13.2 Å². The highest BCUT2D eigenvalue weighted by molar-refractivity contribution is 7.88. The third-order valence-electron chi connectivity index (χ3n) is 4.54. The highest BCUT2D eigenvalue weighted by Gasteiger charge is 2.26. The number of hydrogen-bond acceptors (Lipinski definition) is 5. The molecule has 3 rings (SSSR count). The number of nitrogens with one attached hydrogen (secondary N) is 2. The summed E-state index contributed by atoms with van der Waals surface area (Å²) in [6.07, 6.45) is 5.33. The van der Waals surface area contributed by atoms with Gasteiger partial charge < -0.3 is 5.32 Å². The lowest BCUT2D eigenvalue weighted by molar-refractivity contribution is -0.123. The largest absolute Gasteiger partial charge is 0.352 e. The van der Waals surface area contributed by atoms with E-state index in [1.165, 1.54) is 16.1 Å². The molecule has 2 aliphatic heterocycles. The Hall–Kier alpha value is -1.45. The second-order valence-corrected chi connectivity index (χ2v) is 8.32. The molecule has 0 saturated carbocycles. The van der Waals surface area contributed by atoms with Crippen LogP contribution in [0.1, 0.15) is 24.1 Å². The molecule has 3 heterocycles. The molecule has 1 saturated heterocycles. The van der Waals surface area contributed by atoms with E-state index in [1.54, 1.807) is 0 Å². The number of sulfonamides is 1. The molecule has 2 aliphatic rings. The second-order valence-electron chi connectivity index (χ2n) is 6.34. The molecule has 0 unspecified atom stereocenters. The fraction of sp³-hybridized carbons (Fsp3) is 0.714. The Labute approximate surface area is 136 Å². The van der Waals surface area contributed by atoms with Crippen LogP contribution in [-0.2, 0) is 27.8 Å². The molecule has 2 N–H and O–H groups in total. The quantitative estimate of drug-likeness (QED) is 0.755. The van der Waals surface area contributed by atoms with E-state index in [0.717, 1.165) is 25.2 Å². The van der Waals surface area contributed by atoms with Crippen LogP contribution in [0, 0.1) is 0 Å².